The Morgan fingerprint density at radius 1 is 0.700 bits per heavy atom. The Morgan fingerprint density at radius 3 is 1.80 bits per heavy atom. The van der Waals surface area contributed by atoms with Gasteiger partial charge in [0.25, 0.3) is 0 Å². The molecule has 0 aromatic heterocycles. The molecule has 0 spiro atoms. The van der Waals surface area contributed by atoms with Crippen LogP contribution >= 0.6 is 0 Å². The molecule has 0 amide bonds. The third-order valence-corrected chi connectivity index (χ3v) is 5.59. The molecule has 0 saturated heterocycles. The number of unbranched alkanes of at least 4 members (excludes halogenated alkanes) is 10. The number of allylic oxidation sites excluding steroid dienone is 2. The van der Waals surface area contributed by atoms with E-state index in [0.717, 1.165) is 17.8 Å². The Bertz CT molecular complexity index is 265. The Hall–Kier alpha value is -0.260. The highest BCUT2D eigenvalue weighted by Crippen LogP contribution is 2.45. The molecule has 1 fully saturated rings. The first kappa shape index (κ1) is 16.1. The molecule has 0 heterocycles. The average Bonchev–Trinajstić information content (AvgIpc) is 3.07. The van der Waals surface area contributed by atoms with Crippen molar-refractivity contribution in [3.05, 3.63) is 12.2 Å². The van der Waals surface area contributed by atoms with E-state index in [1.165, 1.54) is 89.9 Å². The van der Waals surface area contributed by atoms with Crippen LogP contribution in [-0.2, 0) is 0 Å². The number of hydrogen-bond donors (Lipinski definition) is 0. The molecule has 0 N–H and O–H groups in total. The molecule has 2 aliphatic rings. The highest BCUT2D eigenvalue weighted by atomic mass is 14.4. The standard InChI is InChI=1S/C20H36/c1-2-3-4-5-6-7-8-9-10-11-12-13-19-16-18-14-15-20(19)17-18/h14-15,18-20H,2-13,16-17H2,1H3. The van der Waals surface area contributed by atoms with Crippen LogP contribution in [0.4, 0.5) is 0 Å². The molecule has 0 aromatic rings. The Balaban J connectivity index is 1.32. The van der Waals surface area contributed by atoms with E-state index in [9.17, 15) is 0 Å². The van der Waals surface area contributed by atoms with E-state index in [0.29, 0.717) is 0 Å². The lowest BCUT2D eigenvalue weighted by molar-refractivity contribution is 0.393. The van der Waals surface area contributed by atoms with Gasteiger partial charge in [-0.15, -0.1) is 0 Å². The lowest BCUT2D eigenvalue weighted by Gasteiger charge is -2.17. The van der Waals surface area contributed by atoms with Gasteiger partial charge in [0.15, 0.2) is 0 Å². The predicted molar refractivity (Wildman–Crippen MR) is 89.9 cm³/mol. The summed E-state index contributed by atoms with van der Waals surface area (Å²) in [5.74, 6) is 3.00. The zero-order valence-electron chi connectivity index (χ0n) is 13.8. The minimum atomic E-state index is 0.970. The van der Waals surface area contributed by atoms with Crippen molar-refractivity contribution in [3.63, 3.8) is 0 Å². The average molecular weight is 277 g/mol. The smallest absolute Gasteiger partial charge is 0.0199 e. The summed E-state index contributed by atoms with van der Waals surface area (Å²) in [6.45, 7) is 2.30. The molecule has 0 nitrogen and oxygen atoms in total. The van der Waals surface area contributed by atoms with Crippen molar-refractivity contribution in [1.29, 1.82) is 0 Å². The molecule has 1 saturated carbocycles. The van der Waals surface area contributed by atoms with Crippen LogP contribution in [0.1, 0.15) is 96.8 Å². The zero-order chi connectivity index (χ0) is 14.0. The summed E-state index contributed by atoms with van der Waals surface area (Å²) in [5, 5.41) is 0. The van der Waals surface area contributed by atoms with Crippen molar-refractivity contribution < 1.29 is 0 Å². The number of hydrogen-bond acceptors (Lipinski definition) is 0. The van der Waals surface area contributed by atoms with E-state index in [-0.39, 0.29) is 0 Å². The van der Waals surface area contributed by atoms with Gasteiger partial charge in [-0.25, -0.2) is 0 Å². The lowest BCUT2D eigenvalue weighted by atomic mass is 9.88. The number of rotatable bonds is 12. The molecule has 0 radical (unpaired) electrons. The SMILES string of the molecule is CCCCCCCCCCCCCC1CC2C=CC1C2. The van der Waals surface area contributed by atoms with Crippen LogP contribution in [0.3, 0.4) is 0 Å². The largest absolute Gasteiger partial charge is 0.0851 e. The molecule has 0 heteroatoms. The molecule has 3 atom stereocenters. The summed E-state index contributed by atoms with van der Waals surface area (Å²) in [7, 11) is 0. The Kier molecular flexibility index (Phi) is 7.76. The van der Waals surface area contributed by atoms with Gasteiger partial charge in [0.05, 0.1) is 0 Å². The van der Waals surface area contributed by atoms with Crippen molar-refractivity contribution >= 4 is 0 Å². The first-order chi connectivity index (χ1) is 9.90. The number of fused-ring (bicyclic) bond motifs is 2. The fourth-order valence-electron chi connectivity index (χ4n) is 4.30. The van der Waals surface area contributed by atoms with Crippen molar-refractivity contribution in [3.8, 4) is 0 Å². The minimum Gasteiger partial charge on any atom is -0.0851 e. The third-order valence-electron chi connectivity index (χ3n) is 5.59. The van der Waals surface area contributed by atoms with E-state index in [4.69, 9.17) is 0 Å². The molecule has 2 bridgehead atoms. The van der Waals surface area contributed by atoms with E-state index in [1.54, 1.807) is 0 Å². The highest BCUT2D eigenvalue weighted by Gasteiger charge is 2.34. The summed E-state index contributed by atoms with van der Waals surface area (Å²) < 4.78 is 0. The first-order valence-electron chi connectivity index (χ1n) is 9.58. The molecular weight excluding hydrogens is 240 g/mol. The maximum absolute atomic E-state index is 2.51. The maximum atomic E-state index is 2.51. The Labute approximate surface area is 127 Å². The molecule has 116 valence electrons. The third kappa shape index (κ3) is 5.62. The minimum absolute atomic E-state index is 0.970. The Morgan fingerprint density at radius 2 is 1.30 bits per heavy atom. The lowest BCUT2D eigenvalue weighted by Crippen LogP contribution is -2.06. The van der Waals surface area contributed by atoms with E-state index in [1.807, 2.05) is 0 Å². The van der Waals surface area contributed by atoms with Gasteiger partial charge in [-0.3, -0.25) is 0 Å². The van der Waals surface area contributed by atoms with Crippen molar-refractivity contribution in [2.45, 2.75) is 96.8 Å². The van der Waals surface area contributed by atoms with Gasteiger partial charge in [0.1, 0.15) is 0 Å². The second-order valence-corrected chi connectivity index (χ2v) is 7.36. The van der Waals surface area contributed by atoms with Gasteiger partial charge in [-0.05, 0) is 37.0 Å². The maximum Gasteiger partial charge on any atom is -0.0199 e. The van der Waals surface area contributed by atoms with Gasteiger partial charge in [0.2, 0.25) is 0 Å². The van der Waals surface area contributed by atoms with Crippen LogP contribution in [0, 0.1) is 17.8 Å². The summed E-state index contributed by atoms with van der Waals surface area (Å²) in [4.78, 5) is 0. The fourth-order valence-corrected chi connectivity index (χ4v) is 4.30. The van der Waals surface area contributed by atoms with Crippen molar-refractivity contribution in [2.24, 2.45) is 17.8 Å². The summed E-state index contributed by atoms with van der Waals surface area (Å²) in [6, 6.07) is 0. The van der Waals surface area contributed by atoms with E-state index >= 15 is 0 Å². The van der Waals surface area contributed by atoms with E-state index in [2.05, 4.69) is 19.1 Å². The molecule has 20 heavy (non-hydrogen) atoms. The highest BCUT2D eigenvalue weighted by molar-refractivity contribution is 5.09. The van der Waals surface area contributed by atoms with Crippen LogP contribution in [0.5, 0.6) is 0 Å². The van der Waals surface area contributed by atoms with Gasteiger partial charge >= 0.3 is 0 Å². The van der Waals surface area contributed by atoms with Crippen LogP contribution in [0.15, 0.2) is 12.2 Å². The second-order valence-electron chi connectivity index (χ2n) is 7.36. The normalized spacial score (nSPS) is 27.6. The monoisotopic (exact) mass is 276 g/mol. The first-order valence-corrected chi connectivity index (χ1v) is 9.58. The quantitative estimate of drug-likeness (QED) is 0.268. The second kappa shape index (κ2) is 9.64. The van der Waals surface area contributed by atoms with Crippen LogP contribution in [0.25, 0.3) is 0 Å². The molecule has 2 aliphatic carbocycles. The zero-order valence-corrected chi connectivity index (χ0v) is 13.8. The predicted octanol–water partition coefficient (Wildman–Crippen LogP) is 6.90. The van der Waals surface area contributed by atoms with Crippen molar-refractivity contribution in [2.75, 3.05) is 0 Å². The van der Waals surface area contributed by atoms with Gasteiger partial charge in [-0.1, -0.05) is 89.7 Å². The van der Waals surface area contributed by atoms with Gasteiger partial charge in [0, 0.05) is 0 Å². The summed E-state index contributed by atoms with van der Waals surface area (Å²) >= 11 is 0. The molecular formula is C20H36. The van der Waals surface area contributed by atoms with Crippen LogP contribution in [-0.4, -0.2) is 0 Å². The summed E-state index contributed by atoms with van der Waals surface area (Å²) in [6.07, 6.45) is 25.7. The molecule has 3 unspecified atom stereocenters. The van der Waals surface area contributed by atoms with Crippen molar-refractivity contribution in [1.82, 2.24) is 0 Å². The van der Waals surface area contributed by atoms with E-state index < -0.39 is 0 Å². The van der Waals surface area contributed by atoms with Gasteiger partial charge < -0.3 is 0 Å². The molecule has 0 aliphatic heterocycles. The topological polar surface area (TPSA) is 0 Å². The molecule has 2 rings (SSSR count). The fraction of sp³-hybridized carbons (Fsp3) is 0.900. The summed E-state index contributed by atoms with van der Waals surface area (Å²) in [5.41, 5.74) is 0. The molecule has 0 aromatic carbocycles. The van der Waals surface area contributed by atoms with Gasteiger partial charge in [-0.2, -0.15) is 0 Å². The van der Waals surface area contributed by atoms with Crippen LogP contribution < -0.4 is 0 Å². The van der Waals surface area contributed by atoms with Crippen LogP contribution in [0.2, 0.25) is 0 Å².